The van der Waals surface area contributed by atoms with Gasteiger partial charge in [-0.3, -0.25) is 14.9 Å². The van der Waals surface area contributed by atoms with Gasteiger partial charge in [0, 0.05) is 28.7 Å². The molecule has 2 aliphatic carbocycles. The Morgan fingerprint density at radius 3 is 2.45 bits per heavy atom. The molecule has 0 spiro atoms. The van der Waals surface area contributed by atoms with E-state index in [0.717, 1.165) is 25.3 Å². The zero-order chi connectivity index (χ0) is 22.3. The number of nitrogens with one attached hydrogen (secondary N) is 2. The van der Waals surface area contributed by atoms with E-state index in [1.54, 1.807) is 24.3 Å². The standard InChI is InChI=1S/C22H22ClF2N3O3/c1-2-18(27-22(29)11-3-5-12(23)6-4-11)20-15-9-14(10-16(15)20)26-21-17(25)7-13(24)8-19(21)28(30)31/h3-8,14-16,18,20,26H,2,9-10H2,1H3,(H,27,29)/t14?,15-,16+,18?,20?. The number of hydrogen-bond acceptors (Lipinski definition) is 4. The first-order valence-corrected chi connectivity index (χ1v) is 10.6. The molecule has 31 heavy (non-hydrogen) atoms. The number of halogens is 3. The monoisotopic (exact) mass is 449 g/mol. The highest BCUT2D eigenvalue weighted by atomic mass is 35.5. The lowest BCUT2D eigenvalue weighted by Gasteiger charge is -2.23. The molecule has 6 nitrogen and oxygen atoms in total. The molecule has 2 aromatic rings. The Morgan fingerprint density at radius 1 is 1.23 bits per heavy atom. The number of fused-ring (bicyclic) bond motifs is 1. The molecule has 3 unspecified atom stereocenters. The lowest BCUT2D eigenvalue weighted by Crippen LogP contribution is -2.38. The number of rotatable bonds is 7. The fourth-order valence-electron chi connectivity index (χ4n) is 4.98. The van der Waals surface area contributed by atoms with E-state index in [9.17, 15) is 23.7 Å². The van der Waals surface area contributed by atoms with Gasteiger partial charge >= 0.3 is 0 Å². The minimum absolute atomic E-state index is 0.0241. The second-order valence-electron chi connectivity index (χ2n) is 8.25. The SMILES string of the molecule is CCC(NC(=O)c1ccc(Cl)cc1)C1[C@H]2CC(Nc3c(F)cc(F)cc3[N+](=O)[O-])C[C@@H]12. The molecule has 2 aliphatic rings. The normalized spacial score (nSPS) is 24.9. The van der Waals surface area contributed by atoms with Crippen molar-refractivity contribution in [2.24, 2.45) is 17.8 Å². The van der Waals surface area contributed by atoms with Gasteiger partial charge in [0.2, 0.25) is 0 Å². The van der Waals surface area contributed by atoms with Crippen LogP contribution in [0.15, 0.2) is 36.4 Å². The number of nitro groups is 1. The largest absolute Gasteiger partial charge is 0.374 e. The number of nitro benzene ring substituents is 1. The molecule has 0 heterocycles. The number of hydrogen-bond donors (Lipinski definition) is 2. The van der Waals surface area contributed by atoms with E-state index >= 15 is 0 Å². The Kier molecular flexibility index (Phi) is 5.83. The molecule has 0 saturated heterocycles. The minimum Gasteiger partial charge on any atom is -0.374 e. The summed E-state index contributed by atoms with van der Waals surface area (Å²) in [5, 5.41) is 17.8. The topological polar surface area (TPSA) is 84.3 Å². The maximum atomic E-state index is 14.2. The van der Waals surface area contributed by atoms with Crippen molar-refractivity contribution in [2.45, 2.75) is 38.3 Å². The van der Waals surface area contributed by atoms with E-state index in [1.807, 2.05) is 6.92 Å². The molecule has 2 fully saturated rings. The fraction of sp³-hybridized carbons (Fsp3) is 0.409. The van der Waals surface area contributed by atoms with Crippen LogP contribution in [0, 0.1) is 39.5 Å². The van der Waals surface area contributed by atoms with Crippen LogP contribution in [0.3, 0.4) is 0 Å². The summed E-state index contributed by atoms with van der Waals surface area (Å²) < 4.78 is 27.5. The summed E-state index contributed by atoms with van der Waals surface area (Å²) in [4.78, 5) is 22.9. The van der Waals surface area contributed by atoms with E-state index in [-0.39, 0.29) is 23.7 Å². The van der Waals surface area contributed by atoms with Gasteiger partial charge in [-0.2, -0.15) is 0 Å². The third-order valence-corrected chi connectivity index (χ3v) is 6.67. The molecule has 0 aromatic heterocycles. The molecule has 9 heteroatoms. The zero-order valence-corrected chi connectivity index (χ0v) is 17.5. The predicted octanol–water partition coefficient (Wildman–Crippen LogP) is 5.17. The average Bonchev–Trinajstić information content (AvgIpc) is 3.21. The van der Waals surface area contributed by atoms with E-state index in [2.05, 4.69) is 10.6 Å². The second-order valence-corrected chi connectivity index (χ2v) is 8.69. The minimum atomic E-state index is -0.980. The van der Waals surface area contributed by atoms with Crippen molar-refractivity contribution in [3.8, 4) is 0 Å². The van der Waals surface area contributed by atoms with E-state index < -0.39 is 22.2 Å². The van der Waals surface area contributed by atoms with Gasteiger partial charge in [0.25, 0.3) is 11.6 Å². The predicted molar refractivity (Wildman–Crippen MR) is 113 cm³/mol. The average molecular weight is 450 g/mol. The number of carbonyl (C=O) groups is 1. The maximum Gasteiger partial charge on any atom is 0.298 e. The number of anilines is 1. The van der Waals surface area contributed by atoms with Crippen LogP contribution in [0.1, 0.15) is 36.5 Å². The quantitative estimate of drug-likeness (QED) is 0.451. The van der Waals surface area contributed by atoms with Crippen molar-refractivity contribution in [3.63, 3.8) is 0 Å². The zero-order valence-electron chi connectivity index (χ0n) is 16.8. The molecular formula is C22H22ClF2N3O3. The summed E-state index contributed by atoms with van der Waals surface area (Å²) in [6.45, 7) is 2.02. The summed E-state index contributed by atoms with van der Waals surface area (Å²) in [6.07, 6.45) is 2.22. The summed E-state index contributed by atoms with van der Waals surface area (Å²) in [6, 6.07) is 7.98. The third kappa shape index (κ3) is 4.35. The molecule has 4 rings (SSSR count). The van der Waals surface area contributed by atoms with Gasteiger partial charge in [0.15, 0.2) is 5.82 Å². The van der Waals surface area contributed by atoms with Gasteiger partial charge in [0.05, 0.1) is 11.0 Å². The number of nitrogens with zero attached hydrogens (tertiary/aromatic N) is 1. The van der Waals surface area contributed by atoms with Gasteiger partial charge < -0.3 is 10.6 Å². The fourth-order valence-corrected chi connectivity index (χ4v) is 5.11. The molecule has 164 valence electrons. The smallest absolute Gasteiger partial charge is 0.298 e. The van der Waals surface area contributed by atoms with Crippen molar-refractivity contribution in [1.82, 2.24) is 5.32 Å². The molecule has 2 N–H and O–H groups in total. The molecular weight excluding hydrogens is 428 g/mol. The van der Waals surface area contributed by atoms with Crippen LogP contribution in [0.4, 0.5) is 20.2 Å². The maximum absolute atomic E-state index is 14.2. The molecule has 0 bridgehead atoms. The first-order valence-electron chi connectivity index (χ1n) is 10.2. The Bertz CT molecular complexity index is 1010. The molecule has 0 aliphatic heterocycles. The van der Waals surface area contributed by atoms with Crippen molar-refractivity contribution < 1.29 is 18.5 Å². The van der Waals surface area contributed by atoms with Crippen LogP contribution in [0.5, 0.6) is 0 Å². The highest BCUT2D eigenvalue weighted by Crippen LogP contribution is 2.60. The van der Waals surface area contributed by atoms with Crippen LogP contribution in [0.2, 0.25) is 5.02 Å². The molecule has 0 radical (unpaired) electrons. The summed E-state index contributed by atoms with van der Waals surface area (Å²) in [7, 11) is 0. The van der Waals surface area contributed by atoms with Crippen molar-refractivity contribution in [2.75, 3.05) is 5.32 Å². The number of amides is 1. The molecule has 1 amide bonds. The molecule has 2 aromatic carbocycles. The van der Waals surface area contributed by atoms with Gasteiger partial charge in [0.1, 0.15) is 11.5 Å². The van der Waals surface area contributed by atoms with Crippen molar-refractivity contribution in [3.05, 3.63) is 68.7 Å². The van der Waals surface area contributed by atoms with Crippen molar-refractivity contribution >= 4 is 28.9 Å². The Labute approximate surface area is 183 Å². The van der Waals surface area contributed by atoms with Crippen LogP contribution >= 0.6 is 11.6 Å². The summed E-state index contributed by atoms with van der Waals surface area (Å²) in [5.74, 6) is -1.05. The van der Waals surface area contributed by atoms with Gasteiger partial charge in [-0.05, 0) is 61.3 Å². The number of carbonyl (C=O) groups excluding carboxylic acids is 1. The lowest BCUT2D eigenvalue weighted by molar-refractivity contribution is -0.384. The number of benzene rings is 2. The van der Waals surface area contributed by atoms with Crippen LogP contribution in [-0.2, 0) is 0 Å². The Hall–Kier alpha value is -2.74. The van der Waals surface area contributed by atoms with Gasteiger partial charge in [-0.1, -0.05) is 18.5 Å². The second kappa shape index (κ2) is 8.42. The molecule has 2 saturated carbocycles. The summed E-state index contributed by atoms with van der Waals surface area (Å²) in [5.41, 5.74) is -0.319. The van der Waals surface area contributed by atoms with Crippen LogP contribution in [0.25, 0.3) is 0 Å². The van der Waals surface area contributed by atoms with Crippen LogP contribution < -0.4 is 10.6 Å². The first kappa shape index (κ1) is 21.5. The Morgan fingerprint density at radius 2 is 1.87 bits per heavy atom. The van der Waals surface area contributed by atoms with E-state index in [1.165, 1.54) is 0 Å². The van der Waals surface area contributed by atoms with Crippen LogP contribution in [-0.4, -0.2) is 22.9 Å². The van der Waals surface area contributed by atoms with E-state index in [4.69, 9.17) is 11.6 Å². The molecule has 5 atom stereocenters. The van der Waals surface area contributed by atoms with Crippen molar-refractivity contribution in [1.29, 1.82) is 0 Å². The summed E-state index contributed by atoms with van der Waals surface area (Å²) >= 11 is 5.87. The first-order chi connectivity index (χ1) is 14.8. The van der Waals surface area contributed by atoms with E-state index in [0.29, 0.717) is 34.4 Å². The Balaban J connectivity index is 1.37. The highest BCUT2D eigenvalue weighted by molar-refractivity contribution is 6.30. The van der Waals surface area contributed by atoms with Gasteiger partial charge in [-0.25, -0.2) is 8.78 Å². The highest BCUT2D eigenvalue weighted by Gasteiger charge is 2.58. The third-order valence-electron chi connectivity index (χ3n) is 6.42. The van der Waals surface area contributed by atoms with Gasteiger partial charge in [-0.15, -0.1) is 0 Å². The lowest BCUT2D eigenvalue weighted by atomic mass is 9.98.